The lowest BCUT2D eigenvalue weighted by molar-refractivity contribution is -0.856. The highest BCUT2D eigenvalue weighted by Crippen LogP contribution is 2.32. The molecule has 3 rings (SSSR count). The van der Waals surface area contributed by atoms with Gasteiger partial charge < -0.3 is 9.64 Å². The molecule has 7 heteroatoms. The van der Waals surface area contributed by atoms with Crippen molar-refractivity contribution in [3.8, 4) is 5.75 Å². The average Bonchev–Trinajstić information content (AvgIpc) is 3.11. The number of hydrogen-bond acceptors (Lipinski definition) is 5. The van der Waals surface area contributed by atoms with E-state index in [-0.39, 0.29) is 5.91 Å². The smallest absolute Gasteiger partial charge is 0.260 e. The number of ether oxygens (including phenoxy) is 1. The van der Waals surface area contributed by atoms with Crippen molar-refractivity contribution in [1.29, 1.82) is 0 Å². The fourth-order valence-corrected chi connectivity index (χ4v) is 4.20. The van der Waals surface area contributed by atoms with Gasteiger partial charge >= 0.3 is 0 Å². The minimum absolute atomic E-state index is 0.0157. The fraction of sp³-hybridized carbons (Fsp3) is 0.333. The third kappa shape index (κ3) is 4.84. The van der Waals surface area contributed by atoms with Crippen molar-refractivity contribution in [3.05, 3.63) is 48.0 Å². The van der Waals surface area contributed by atoms with E-state index in [4.69, 9.17) is 9.72 Å². The monoisotopic (exact) mass is 416 g/mol. The topological polar surface area (TPSA) is 46.9 Å². The van der Waals surface area contributed by atoms with E-state index >= 15 is 0 Å². The van der Waals surface area contributed by atoms with Gasteiger partial charge in [-0.3, -0.25) is 9.69 Å². The summed E-state index contributed by atoms with van der Waals surface area (Å²) in [5, 5.41) is 0.726. The molecule has 1 N–H and O–H groups in total. The number of carbonyl (C=O) groups is 1. The summed E-state index contributed by atoms with van der Waals surface area (Å²) in [6.07, 6.45) is 2.03. The molecule has 0 aliphatic rings. The first-order valence-corrected chi connectivity index (χ1v) is 11.3. The van der Waals surface area contributed by atoms with Gasteiger partial charge in [0.1, 0.15) is 5.75 Å². The van der Waals surface area contributed by atoms with Gasteiger partial charge in [0.25, 0.3) is 5.91 Å². The van der Waals surface area contributed by atoms with Crippen LogP contribution in [0.1, 0.15) is 17.3 Å². The van der Waals surface area contributed by atoms with Gasteiger partial charge in [-0.05, 0) is 55.6 Å². The number of amides is 1. The van der Waals surface area contributed by atoms with Crippen molar-refractivity contribution < 1.29 is 14.4 Å². The summed E-state index contributed by atoms with van der Waals surface area (Å²) in [5.41, 5.74) is 1.57. The van der Waals surface area contributed by atoms with Crippen LogP contribution in [0.3, 0.4) is 0 Å². The molecule has 0 atom stereocenters. The first kappa shape index (κ1) is 20.6. The van der Waals surface area contributed by atoms with Crippen LogP contribution in [0.15, 0.2) is 47.4 Å². The zero-order valence-corrected chi connectivity index (χ0v) is 18.3. The number of rotatable bonds is 8. The highest BCUT2D eigenvalue weighted by Gasteiger charge is 2.22. The Morgan fingerprint density at radius 1 is 1.21 bits per heavy atom. The summed E-state index contributed by atoms with van der Waals surface area (Å²) in [6, 6.07) is 13.6. The summed E-state index contributed by atoms with van der Waals surface area (Å²) in [4.78, 5) is 22.2. The molecule has 2 aromatic carbocycles. The SMILES string of the molecule is CCOc1ccc2nc(N(CC[NH+](C)C)C(=O)c3ccc(SC)cc3)sc2c1. The van der Waals surface area contributed by atoms with Gasteiger partial charge in [0.15, 0.2) is 5.13 Å². The molecule has 0 fully saturated rings. The third-order valence-electron chi connectivity index (χ3n) is 4.31. The van der Waals surface area contributed by atoms with E-state index in [0.717, 1.165) is 32.5 Å². The summed E-state index contributed by atoms with van der Waals surface area (Å²) in [7, 11) is 4.17. The molecule has 5 nitrogen and oxygen atoms in total. The number of likely N-dealkylation sites (N-methyl/N-ethyl adjacent to an activating group) is 1. The van der Waals surface area contributed by atoms with E-state index < -0.39 is 0 Å². The number of carbonyl (C=O) groups excluding carboxylic acids is 1. The maximum atomic E-state index is 13.3. The molecule has 3 aromatic rings. The van der Waals surface area contributed by atoms with Crippen LogP contribution >= 0.6 is 23.1 Å². The van der Waals surface area contributed by atoms with Crippen molar-refractivity contribution in [1.82, 2.24) is 4.98 Å². The second kappa shape index (κ2) is 9.41. The van der Waals surface area contributed by atoms with Crippen molar-refractivity contribution in [3.63, 3.8) is 0 Å². The van der Waals surface area contributed by atoms with E-state index in [2.05, 4.69) is 14.1 Å². The molecular formula is C21H26N3O2S2+. The zero-order chi connectivity index (χ0) is 20.1. The lowest BCUT2D eigenvalue weighted by Crippen LogP contribution is -3.06. The number of nitrogens with zero attached hydrogens (tertiary/aromatic N) is 2. The minimum atomic E-state index is -0.0157. The van der Waals surface area contributed by atoms with E-state index in [1.165, 1.54) is 16.2 Å². The van der Waals surface area contributed by atoms with Crippen LogP contribution in [0.2, 0.25) is 0 Å². The van der Waals surface area contributed by atoms with Crippen molar-refractivity contribution in [2.45, 2.75) is 11.8 Å². The summed E-state index contributed by atoms with van der Waals surface area (Å²) in [6.45, 7) is 4.05. The van der Waals surface area contributed by atoms with Gasteiger partial charge in [-0.1, -0.05) is 11.3 Å². The Kier molecular flexibility index (Phi) is 6.93. The quantitative estimate of drug-likeness (QED) is 0.573. The summed E-state index contributed by atoms with van der Waals surface area (Å²) in [5.74, 6) is 0.812. The van der Waals surface area contributed by atoms with E-state index in [1.54, 1.807) is 16.7 Å². The second-order valence-corrected chi connectivity index (χ2v) is 8.59. The summed E-state index contributed by atoms with van der Waals surface area (Å²) < 4.78 is 6.62. The number of thiazole rings is 1. The first-order valence-electron chi connectivity index (χ1n) is 9.30. The van der Waals surface area contributed by atoms with E-state index in [9.17, 15) is 4.79 Å². The molecule has 28 heavy (non-hydrogen) atoms. The maximum Gasteiger partial charge on any atom is 0.260 e. The number of thioether (sulfide) groups is 1. The minimum Gasteiger partial charge on any atom is -0.494 e. The largest absolute Gasteiger partial charge is 0.494 e. The molecule has 0 saturated carbocycles. The van der Waals surface area contributed by atoms with Gasteiger partial charge in [-0.2, -0.15) is 0 Å². The van der Waals surface area contributed by atoms with Gasteiger partial charge in [0, 0.05) is 10.5 Å². The number of hydrogen-bond donors (Lipinski definition) is 1. The standard InChI is InChI=1S/C21H25N3O2S2/c1-5-26-16-8-11-18-19(14-16)28-21(22-18)24(13-12-23(2)3)20(25)15-6-9-17(27-4)10-7-15/h6-11,14H,5,12-13H2,1-4H3/p+1. The van der Waals surface area contributed by atoms with Crippen LogP contribution in [0.5, 0.6) is 5.75 Å². The lowest BCUT2D eigenvalue weighted by Gasteiger charge is -2.20. The lowest BCUT2D eigenvalue weighted by atomic mass is 10.2. The Bertz CT molecular complexity index is 938. The number of anilines is 1. The van der Waals surface area contributed by atoms with Crippen LogP contribution < -0.4 is 14.5 Å². The third-order valence-corrected chi connectivity index (χ3v) is 6.09. The van der Waals surface area contributed by atoms with Crippen LogP contribution in [0.25, 0.3) is 10.2 Å². The average molecular weight is 417 g/mol. The normalized spacial score (nSPS) is 11.2. The van der Waals surface area contributed by atoms with Crippen molar-refractivity contribution in [2.75, 3.05) is 44.9 Å². The molecule has 0 unspecified atom stereocenters. The number of fused-ring (bicyclic) bond motifs is 1. The van der Waals surface area contributed by atoms with Crippen molar-refractivity contribution >= 4 is 44.4 Å². The molecule has 148 valence electrons. The van der Waals surface area contributed by atoms with Gasteiger partial charge in [0.2, 0.25) is 0 Å². The Labute approximate surface area is 174 Å². The molecule has 0 saturated heterocycles. The maximum absolute atomic E-state index is 13.3. The first-order chi connectivity index (χ1) is 13.5. The fourth-order valence-electron chi connectivity index (χ4n) is 2.77. The number of aromatic nitrogens is 1. The number of quaternary nitrogens is 1. The number of benzene rings is 2. The van der Waals surface area contributed by atoms with Crippen LogP contribution in [0, 0.1) is 0 Å². The Hall–Kier alpha value is -2.09. The number of nitrogens with one attached hydrogen (secondary N) is 1. The molecule has 1 heterocycles. The summed E-state index contributed by atoms with van der Waals surface area (Å²) >= 11 is 3.19. The predicted octanol–water partition coefficient (Wildman–Crippen LogP) is 3.21. The molecule has 1 aromatic heterocycles. The highest BCUT2D eigenvalue weighted by atomic mass is 32.2. The molecule has 0 radical (unpaired) electrons. The van der Waals surface area contributed by atoms with Gasteiger partial charge in [0.05, 0.1) is 44.0 Å². The molecule has 0 aliphatic heterocycles. The van der Waals surface area contributed by atoms with Gasteiger partial charge in [-0.25, -0.2) is 4.98 Å². The molecule has 0 spiro atoms. The molecule has 1 amide bonds. The van der Waals surface area contributed by atoms with Crippen molar-refractivity contribution in [2.24, 2.45) is 0 Å². The Morgan fingerprint density at radius 3 is 2.61 bits per heavy atom. The second-order valence-electron chi connectivity index (χ2n) is 6.70. The van der Waals surface area contributed by atoms with E-state index in [0.29, 0.717) is 18.7 Å². The van der Waals surface area contributed by atoms with Gasteiger partial charge in [-0.15, -0.1) is 11.8 Å². The predicted molar refractivity (Wildman–Crippen MR) is 118 cm³/mol. The van der Waals surface area contributed by atoms with E-state index in [1.807, 2.05) is 55.6 Å². The van der Waals surface area contributed by atoms with Crippen LogP contribution in [0.4, 0.5) is 5.13 Å². The molecule has 0 bridgehead atoms. The van der Waals surface area contributed by atoms with Crippen LogP contribution in [-0.2, 0) is 0 Å². The Morgan fingerprint density at radius 2 is 1.96 bits per heavy atom. The molecular weight excluding hydrogens is 390 g/mol. The van der Waals surface area contributed by atoms with Crippen LogP contribution in [-0.4, -0.2) is 50.9 Å². The zero-order valence-electron chi connectivity index (χ0n) is 16.7. The highest BCUT2D eigenvalue weighted by molar-refractivity contribution is 7.98. The Balaban J connectivity index is 1.94. The molecule has 0 aliphatic carbocycles.